The van der Waals surface area contributed by atoms with E-state index in [0.29, 0.717) is 11.3 Å². The third kappa shape index (κ3) is 3.16. The predicted molar refractivity (Wildman–Crippen MR) is 97.2 cm³/mol. The van der Waals surface area contributed by atoms with Crippen LogP contribution in [0.25, 0.3) is 0 Å². The summed E-state index contributed by atoms with van der Waals surface area (Å²) >= 11 is 0. The Morgan fingerprint density at radius 3 is 2.58 bits per heavy atom. The number of likely N-dealkylation sites (tertiary alicyclic amines) is 1. The van der Waals surface area contributed by atoms with Crippen molar-refractivity contribution in [3.8, 4) is 0 Å². The van der Waals surface area contributed by atoms with E-state index in [4.69, 9.17) is 0 Å². The lowest BCUT2D eigenvalue weighted by Crippen LogP contribution is -2.50. The summed E-state index contributed by atoms with van der Waals surface area (Å²) < 4.78 is 0. The van der Waals surface area contributed by atoms with Crippen molar-refractivity contribution in [1.29, 1.82) is 0 Å². The summed E-state index contributed by atoms with van der Waals surface area (Å²) in [5.41, 5.74) is 1.95. The van der Waals surface area contributed by atoms with Crippen LogP contribution in [0.15, 0.2) is 48.9 Å². The minimum Gasteiger partial charge on any atom is -0.355 e. The van der Waals surface area contributed by atoms with Crippen LogP contribution in [0.5, 0.6) is 0 Å². The molecule has 4 rings (SSSR count). The van der Waals surface area contributed by atoms with Gasteiger partial charge in [0, 0.05) is 38.6 Å². The molecule has 3 heterocycles. The standard InChI is InChI=1S/C20H26N4/c1-23-15-18(17-5-3-2-4-6-17)13-20(16-23)7-11-24(12-8-20)19-14-21-9-10-22-19/h2-6,9-10,14,18H,7-8,11-13,15-16H2,1H3/t18-/m0/s1. The molecule has 1 atom stereocenters. The first-order valence-corrected chi connectivity index (χ1v) is 8.99. The summed E-state index contributed by atoms with van der Waals surface area (Å²) in [6.07, 6.45) is 9.23. The smallest absolute Gasteiger partial charge is 0.147 e. The van der Waals surface area contributed by atoms with E-state index in [-0.39, 0.29) is 0 Å². The third-order valence-corrected chi connectivity index (χ3v) is 5.79. The highest BCUT2D eigenvalue weighted by molar-refractivity contribution is 5.36. The predicted octanol–water partition coefficient (Wildman–Crippen LogP) is 3.18. The summed E-state index contributed by atoms with van der Waals surface area (Å²) in [7, 11) is 2.28. The molecular formula is C20H26N4. The maximum Gasteiger partial charge on any atom is 0.147 e. The zero-order valence-corrected chi connectivity index (χ0v) is 14.4. The molecule has 2 aliphatic heterocycles. The van der Waals surface area contributed by atoms with Gasteiger partial charge in [-0.3, -0.25) is 4.98 Å². The van der Waals surface area contributed by atoms with Crippen molar-refractivity contribution in [2.45, 2.75) is 25.2 Å². The summed E-state index contributed by atoms with van der Waals surface area (Å²) in [5, 5.41) is 0. The Bertz CT molecular complexity index is 650. The van der Waals surface area contributed by atoms with Crippen molar-refractivity contribution in [1.82, 2.24) is 14.9 Å². The van der Waals surface area contributed by atoms with E-state index in [1.54, 1.807) is 12.4 Å². The molecule has 126 valence electrons. The Morgan fingerprint density at radius 1 is 1.08 bits per heavy atom. The molecule has 0 radical (unpaired) electrons. The molecule has 0 amide bonds. The Balaban J connectivity index is 1.47. The summed E-state index contributed by atoms with van der Waals surface area (Å²) in [6.45, 7) is 4.59. The quantitative estimate of drug-likeness (QED) is 0.850. The maximum atomic E-state index is 4.47. The van der Waals surface area contributed by atoms with Gasteiger partial charge in [0.25, 0.3) is 0 Å². The van der Waals surface area contributed by atoms with E-state index in [1.165, 1.54) is 37.9 Å². The maximum absolute atomic E-state index is 4.47. The van der Waals surface area contributed by atoms with Crippen LogP contribution >= 0.6 is 0 Å². The molecule has 2 aliphatic rings. The lowest BCUT2D eigenvalue weighted by Gasteiger charge is -2.49. The van der Waals surface area contributed by atoms with Gasteiger partial charge in [0.15, 0.2) is 0 Å². The fraction of sp³-hybridized carbons (Fsp3) is 0.500. The van der Waals surface area contributed by atoms with Crippen molar-refractivity contribution in [2.75, 3.05) is 38.1 Å². The van der Waals surface area contributed by atoms with Gasteiger partial charge in [0.1, 0.15) is 5.82 Å². The molecule has 0 saturated carbocycles. The molecule has 0 N–H and O–H groups in total. The minimum absolute atomic E-state index is 0.451. The van der Waals surface area contributed by atoms with Gasteiger partial charge in [-0.2, -0.15) is 0 Å². The van der Waals surface area contributed by atoms with Crippen molar-refractivity contribution >= 4 is 5.82 Å². The van der Waals surface area contributed by atoms with E-state index >= 15 is 0 Å². The average molecular weight is 322 g/mol. The fourth-order valence-corrected chi connectivity index (χ4v) is 4.64. The Hall–Kier alpha value is -1.94. The van der Waals surface area contributed by atoms with Crippen LogP contribution in [0.3, 0.4) is 0 Å². The molecule has 2 aromatic rings. The molecule has 2 saturated heterocycles. The second-order valence-electron chi connectivity index (χ2n) is 7.56. The molecule has 1 aromatic carbocycles. The highest BCUT2D eigenvalue weighted by Crippen LogP contribution is 2.45. The van der Waals surface area contributed by atoms with E-state index < -0.39 is 0 Å². The van der Waals surface area contributed by atoms with Gasteiger partial charge in [-0.05, 0) is 43.2 Å². The number of nitrogens with zero attached hydrogens (tertiary/aromatic N) is 4. The number of hydrogen-bond donors (Lipinski definition) is 0. The first kappa shape index (κ1) is 15.6. The van der Waals surface area contributed by atoms with E-state index in [2.05, 4.69) is 57.1 Å². The monoisotopic (exact) mass is 322 g/mol. The largest absolute Gasteiger partial charge is 0.355 e. The molecule has 0 unspecified atom stereocenters. The van der Waals surface area contributed by atoms with Crippen LogP contribution in [-0.2, 0) is 0 Å². The third-order valence-electron chi connectivity index (χ3n) is 5.79. The minimum atomic E-state index is 0.451. The molecule has 4 nitrogen and oxygen atoms in total. The highest BCUT2D eigenvalue weighted by atomic mass is 15.2. The number of hydrogen-bond acceptors (Lipinski definition) is 4. The van der Waals surface area contributed by atoms with Crippen molar-refractivity contribution in [2.24, 2.45) is 5.41 Å². The van der Waals surface area contributed by atoms with E-state index in [1.807, 2.05) is 6.20 Å². The normalized spacial score (nSPS) is 24.2. The summed E-state index contributed by atoms with van der Waals surface area (Å²) in [6, 6.07) is 11.1. The van der Waals surface area contributed by atoms with Crippen molar-refractivity contribution in [3.63, 3.8) is 0 Å². The molecule has 2 fully saturated rings. The van der Waals surface area contributed by atoms with Crippen LogP contribution in [-0.4, -0.2) is 48.1 Å². The average Bonchev–Trinajstić information content (AvgIpc) is 2.63. The fourth-order valence-electron chi connectivity index (χ4n) is 4.64. The number of piperidine rings is 2. The molecule has 1 spiro atoms. The lowest BCUT2D eigenvalue weighted by molar-refractivity contribution is 0.0671. The second kappa shape index (κ2) is 6.52. The number of rotatable bonds is 2. The number of benzene rings is 1. The summed E-state index contributed by atoms with van der Waals surface area (Å²) in [5.74, 6) is 1.68. The number of aromatic nitrogens is 2. The van der Waals surface area contributed by atoms with Gasteiger partial charge in [-0.25, -0.2) is 4.98 Å². The zero-order valence-electron chi connectivity index (χ0n) is 14.4. The molecule has 0 bridgehead atoms. The van der Waals surface area contributed by atoms with Gasteiger partial charge in [0.05, 0.1) is 6.20 Å². The molecular weight excluding hydrogens is 296 g/mol. The van der Waals surface area contributed by atoms with Crippen LogP contribution in [0.4, 0.5) is 5.82 Å². The Kier molecular flexibility index (Phi) is 4.23. The van der Waals surface area contributed by atoms with E-state index in [0.717, 1.165) is 18.9 Å². The Morgan fingerprint density at radius 2 is 1.88 bits per heavy atom. The highest BCUT2D eigenvalue weighted by Gasteiger charge is 2.41. The second-order valence-corrected chi connectivity index (χ2v) is 7.56. The van der Waals surface area contributed by atoms with Gasteiger partial charge in [0.2, 0.25) is 0 Å². The van der Waals surface area contributed by atoms with Crippen molar-refractivity contribution < 1.29 is 0 Å². The molecule has 1 aromatic heterocycles. The Labute approximate surface area is 144 Å². The van der Waals surface area contributed by atoms with Gasteiger partial charge >= 0.3 is 0 Å². The molecule has 0 aliphatic carbocycles. The van der Waals surface area contributed by atoms with Crippen LogP contribution in [0.2, 0.25) is 0 Å². The zero-order chi connectivity index (χ0) is 16.4. The van der Waals surface area contributed by atoms with Crippen molar-refractivity contribution in [3.05, 3.63) is 54.5 Å². The van der Waals surface area contributed by atoms with Crippen LogP contribution in [0.1, 0.15) is 30.7 Å². The first-order valence-electron chi connectivity index (χ1n) is 8.99. The lowest BCUT2D eigenvalue weighted by atomic mass is 9.68. The molecule has 24 heavy (non-hydrogen) atoms. The van der Waals surface area contributed by atoms with Crippen LogP contribution < -0.4 is 4.90 Å². The van der Waals surface area contributed by atoms with E-state index in [9.17, 15) is 0 Å². The molecule has 4 heteroatoms. The SMILES string of the molecule is CN1C[C@@H](c2ccccc2)CC2(CCN(c3cnccn3)CC2)C1. The van der Waals surface area contributed by atoms with Gasteiger partial charge in [-0.15, -0.1) is 0 Å². The van der Waals surface area contributed by atoms with Gasteiger partial charge < -0.3 is 9.80 Å². The first-order chi connectivity index (χ1) is 11.7. The topological polar surface area (TPSA) is 32.3 Å². The number of anilines is 1. The van der Waals surface area contributed by atoms with Crippen LogP contribution in [0, 0.1) is 5.41 Å². The van der Waals surface area contributed by atoms with Gasteiger partial charge in [-0.1, -0.05) is 30.3 Å². The number of likely N-dealkylation sites (N-methyl/N-ethyl adjacent to an activating group) is 1. The summed E-state index contributed by atoms with van der Waals surface area (Å²) in [4.78, 5) is 13.6.